The second-order valence-corrected chi connectivity index (χ2v) is 14.7. The van der Waals surface area contributed by atoms with Gasteiger partial charge in [0.25, 0.3) is 0 Å². The lowest BCUT2D eigenvalue weighted by atomic mass is 9.41. The van der Waals surface area contributed by atoms with Crippen LogP contribution < -0.4 is 4.72 Å². The highest BCUT2D eigenvalue weighted by Crippen LogP contribution is 2.69. The summed E-state index contributed by atoms with van der Waals surface area (Å²) < 4.78 is 65.4. The zero-order chi connectivity index (χ0) is 28.3. The van der Waals surface area contributed by atoms with Gasteiger partial charge in [-0.25, -0.2) is 9.52 Å². The molecule has 0 spiro atoms. The molecule has 0 heterocycles. The molecule has 0 aromatic heterocycles. The van der Waals surface area contributed by atoms with Gasteiger partial charge in [0.15, 0.2) is 0 Å². The summed E-state index contributed by atoms with van der Waals surface area (Å²) in [7, 11) is -5.79. The number of amides is 1. The first-order valence-electron chi connectivity index (χ1n) is 14.2. The number of sulfonamides is 1. The van der Waals surface area contributed by atoms with Gasteiger partial charge in [0.1, 0.15) is 0 Å². The largest absolute Gasteiger partial charge is 0.516 e. The van der Waals surface area contributed by atoms with Crippen LogP contribution in [0, 0.1) is 52.3 Å². The van der Waals surface area contributed by atoms with Crippen molar-refractivity contribution in [2.24, 2.45) is 52.3 Å². The van der Waals surface area contributed by atoms with Crippen LogP contribution in [0.5, 0.6) is 0 Å². The van der Waals surface area contributed by atoms with Gasteiger partial charge in [-0.15, -0.1) is 0 Å². The Morgan fingerprint density at radius 3 is 2.32 bits per heavy atom. The summed E-state index contributed by atoms with van der Waals surface area (Å²) in [5.74, 6) is 1.93. The van der Waals surface area contributed by atoms with Gasteiger partial charge >= 0.3 is 21.6 Å². The normalized spacial score (nSPS) is 43.9. The minimum atomic E-state index is -5.79. The van der Waals surface area contributed by atoms with Crippen LogP contribution in [0.15, 0.2) is 0 Å². The van der Waals surface area contributed by atoms with Crippen molar-refractivity contribution in [3.8, 4) is 0 Å². The molecule has 4 fully saturated rings. The van der Waals surface area contributed by atoms with Crippen LogP contribution in [0.4, 0.5) is 18.0 Å². The number of alkyl halides is 3. The van der Waals surface area contributed by atoms with E-state index in [0.29, 0.717) is 30.1 Å². The van der Waals surface area contributed by atoms with Gasteiger partial charge in [-0.05, 0) is 104 Å². The maximum Gasteiger partial charge on any atom is 0.516 e. The molecule has 0 radical (unpaired) electrons. The number of halogens is 3. The SMILES string of the molecule is CC[C@H]1[C@@H](O)[C@@H]2[C@H](CC[C@]3(C)[C@@H]([C@H](C)CCOC(=O)NS(=O)(=O)C(F)(F)F)CC[C@@H]23)[C@@]2(C)CC[C@@H](O)C[C@@H]12. The predicted octanol–water partition coefficient (Wildman–Crippen LogP) is 5.22. The number of hydrogen-bond donors (Lipinski definition) is 3. The van der Waals surface area contributed by atoms with E-state index in [0.717, 1.165) is 56.1 Å². The molecule has 0 aliphatic heterocycles. The van der Waals surface area contributed by atoms with E-state index in [4.69, 9.17) is 4.74 Å². The maximum atomic E-state index is 12.5. The van der Waals surface area contributed by atoms with Crippen molar-refractivity contribution in [3.05, 3.63) is 0 Å². The summed E-state index contributed by atoms with van der Waals surface area (Å²) in [5, 5.41) is 22.2. The molecule has 1 amide bonds. The van der Waals surface area contributed by atoms with Gasteiger partial charge in [0, 0.05) is 0 Å². The Hall–Kier alpha value is -1.07. The van der Waals surface area contributed by atoms with Crippen LogP contribution in [0.25, 0.3) is 0 Å². The monoisotopic (exact) mass is 567 g/mol. The fourth-order valence-corrected chi connectivity index (χ4v) is 10.1. The van der Waals surface area contributed by atoms with Crippen LogP contribution in [-0.2, 0) is 14.8 Å². The predicted molar refractivity (Wildman–Crippen MR) is 135 cm³/mol. The van der Waals surface area contributed by atoms with E-state index in [9.17, 15) is 36.6 Å². The molecule has 0 bridgehead atoms. The lowest BCUT2D eigenvalue weighted by molar-refractivity contribution is -0.203. The van der Waals surface area contributed by atoms with E-state index >= 15 is 0 Å². The molecule has 4 aliphatic rings. The molecule has 0 saturated heterocycles. The Bertz CT molecular complexity index is 992. The maximum absolute atomic E-state index is 12.5. The average molecular weight is 568 g/mol. The van der Waals surface area contributed by atoms with Crippen LogP contribution in [0.1, 0.15) is 85.5 Å². The first kappa shape index (κ1) is 29.9. The molecule has 220 valence electrons. The molecular formula is C27H44F3NO6S. The number of nitrogens with one attached hydrogen (secondary N) is 1. The molecular weight excluding hydrogens is 523 g/mol. The van der Waals surface area contributed by atoms with Crippen molar-refractivity contribution in [3.63, 3.8) is 0 Å². The van der Waals surface area contributed by atoms with E-state index in [1.54, 1.807) is 0 Å². The van der Waals surface area contributed by atoms with Gasteiger partial charge in [0.2, 0.25) is 0 Å². The first-order chi connectivity index (χ1) is 17.6. The van der Waals surface area contributed by atoms with Gasteiger partial charge in [0.05, 0.1) is 18.8 Å². The highest BCUT2D eigenvalue weighted by atomic mass is 32.2. The number of carbonyl (C=O) groups excluding carboxylic acids is 1. The van der Waals surface area contributed by atoms with Crippen molar-refractivity contribution < 1.29 is 41.3 Å². The average Bonchev–Trinajstić information content (AvgIpc) is 3.16. The molecule has 4 aliphatic carbocycles. The molecule has 0 aromatic carbocycles. The summed E-state index contributed by atoms with van der Waals surface area (Å²) in [6.07, 6.45) is 5.65. The zero-order valence-corrected chi connectivity index (χ0v) is 23.7. The first-order valence-corrected chi connectivity index (χ1v) is 15.7. The fraction of sp³-hybridized carbons (Fsp3) is 0.963. The minimum Gasteiger partial charge on any atom is -0.449 e. The van der Waals surface area contributed by atoms with Gasteiger partial charge < -0.3 is 14.9 Å². The summed E-state index contributed by atoms with van der Waals surface area (Å²) in [6.45, 7) is 8.75. The lowest BCUT2D eigenvalue weighted by Crippen LogP contribution is -2.62. The van der Waals surface area contributed by atoms with Crippen molar-refractivity contribution in [2.75, 3.05) is 6.61 Å². The third-order valence-electron chi connectivity index (χ3n) is 11.5. The molecule has 0 unspecified atom stereocenters. The summed E-state index contributed by atoms with van der Waals surface area (Å²) in [6, 6.07) is 0. The number of ether oxygens (including phenoxy) is 1. The highest BCUT2D eigenvalue weighted by Gasteiger charge is 2.64. The Morgan fingerprint density at radius 1 is 1.05 bits per heavy atom. The van der Waals surface area contributed by atoms with Crippen LogP contribution in [-0.4, -0.2) is 49.0 Å². The van der Waals surface area contributed by atoms with Crippen molar-refractivity contribution >= 4 is 16.1 Å². The van der Waals surface area contributed by atoms with Crippen molar-refractivity contribution in [1.29, 1.82) is 0 Å². The number of aliphatic hydroxyl groups is 2. The quantitative estimate of drug-likeness (QED) is 0.406. The Kier molecular flexibility index (Phi) is 8.18. The van der Waals surface area contributed by atoms with E-state index in [1.807, 2.05) is 0 Å². The van der Waals surface area contributed by atoms with E-state index in [2.05, 4.69) is 27.7 Å². The van der Waals surface area contributed by atoms with E-state index in [1.165, 1.54) is 0 Å². The van der Waals surface area contributed by atoms with E-state index < -0.39 is 27.7 Å². The second-order valence-electron chi connectivity index (χ2n) is 13.1. The van der Waals surface area contributed by atoms with Gasteiger partial charge in [-0.2, -0.15) is 21.6 Å². The smallest absolute Gasteiger partial charge is 0.449 e. The topological polar surface area (TPSA) is 113 Å². The third-order valence-corrected chi connectivity index (χ3v) is 12.5. The number of fused-ring (bicyclic) bond motifs is 5. The number of rotatable bonds is 6. The number of carbonyl (C=O) groups is 1. The Morgan fingerprint density at radius 2 is 1.68 bits per heavy atom. The molecule has 4 saturated carbocycles. The van der Waals surface area contributed by atoms with Crippen LogP contribution in [0.3, 0.4) is 0 Å². The van der Waals surface area contributed by atoms with Crippen molar-refractivity contribution in [2.45, 2.75) is 103 Å². The molecule has 11 heteroatoms. The number of aliphatic hydroxyl groups excluding tert-OH is 2. The van der Waals surface area contributed by atoms with Crippen LogP contribution >= 0.6 is 0 Å². The third kappa shape index (κ3) is 4.97. The Labute approximate surface area is 224 Å². The summed E-state index contributed by atoms with van der Waals surface area (Å²) in [5.41, 5.74) is -5.47. The van der Waals surface area contributed by atoms with Crippen LogP contribution in [0.2, 0.25) is 0 Å². The molecule has 3 N–H and O–H groups in total. The molecule has 0 aromatic rings. The van der Waals surface area contributed by atoms with Crippen molar-refractivity contribution in [1.82, 2.24) is 4.72 Å². The highest BCUT2D eigenvalue weighted by molar-refractivity contribution is 7.90. The lowest BCUT2D eigenvalue weighted by Gasteiger charge is -2.64. The van der Waals surface area contributed by atoms with Gasteiger partial charge in [-0.1, -0.05) is 34.1 Å². The molecule has 11 atom stereocenters. The minimum absolute atomic E-state index is 0.000878. The standard InChI is InChI=1S/C27H44F3NO6S/c1-5-17-21-14-16(32)8-11-26(21,4)20-9-12-25(3)18(6-7-19(25)22(20)23(17)33)15(2)10-13-37-24(34)31-38(35,36)27(28,29)30/h15-23,32-33H,5-14H2,1-4H3,(H,31,34)/t15-,16-,17-,18-,19+,20+,21+,22+,23-,25-,26-/m1/s1. The molecule has 7 nitrogen and oxygen atoms in total. The van der Waals surface area contributed by atoms with Gasteiger partial charge in [-0.3, -0.25) is 0 Å². The summed E-state index contributed by atoms with van der Waals surface area (Å²) in [4.78, 5) is 11.7. The zero-order valence-electron chi connectivity index (χ0n) is 22.8. The summed E-state index contributed by atoms with van der Waals surface area (Å²) >= 11 is 0. The Balaban J connectivity index is 1.43. The molecule has 4 rings (SSSR count). The number of hydrogen-bond acceptors (Lipinski definition) is 6. The second kappa shape index (κ2) is 10.4. The fourth-order valence-electron chi connectivity index (χ4n) is 9.67. The molecule has 38 heavy (non-hydrogen) atoms. The van der Waals surface area contributed by atoms with E-state index in [-0.39, 0.29) is 41.3 Å².